The van der Waals surface area contributed by atoms with Crippen LogP contribution in [0.2, 0.25) is 0 Å². The van der Waals surface area contributed by atoms with Gasteiger partial charge in [-0.3, -0.25) is 24.2 Å². The summed E-state index contributed by atoms with van der Waals surface area (Å²) in [5.41, 5.74) is 1.77. The minimum atomic E-state index is -0.485. The molecule has 0 aliphatic carbocycles. The van der Waals surface area contributed by atoms with Crippen LogP contribution in [-0.4, -0.2) is 46.8 Å². The van der Waals surface area contributed by atoms with Crippen molar-refractivity contribution in [3.8, 4) is 11.5 Å². The van der Waals surface area contributed by atoms with Crippen LogP contribution in [0.4, 0.5) is 0 Å². The Labute approximate surface area is 187 Å². The van der Waals surface area contributed by atoms with Crippen molar-refractivity contribution in [2.45, 2.75) is 25.0 Å². The van der Waals surface area contributed by atoms with Gasteiger partial charge in [-0.05, 0) is 35.4 Å². The zero-order valence-electron chi connectivity index (χ0n) is 16.5. The predicted octanol–water partition coefficient (Wildman–Crippen LogP) is 2.68. The van der Waals surface area contributed by atoms with Crippen LogP contribution in [-0.2, 0) is 20.9 Å². The van der Waals surface area contributed by atoms with Crippen LogP contribution in [0.1, 0.15) is 23.6 Å². The molecular weight excluding hydrogens is 464 g/mol. The van der Waals surface area contributed by atoms with E-state index in [4.69, 9.17) is 9.47 Å². The number of fused-ring (bicyclic) bond motifs is 4. The first kappa shape index (κ1) is 19.0. The average molecular weight is 483 g/mol. The molecule has 0 radical (unpaired) electrons. The van der Waals surface area contributed by atoms with Crippen molar-refractivity contribution >= 4 is 33.5 Å². The average Bonchev–Trinajstić information content (AvgIpc) is 3.48. The fourth-order valence-electron chi connectivity index (χ4n) is 5.53. The molecule has 0 N–H and O–H groups in total. The van der Waals surface area contributed by atoms with Gasteiger partial charge in [0.2, 0.25) is 18.6 Å². The highest BCUT2D eigenvalue weighted by atomic mass is 79.9. The predicted molar refractivity (Wildman–Crippen MR) is 112 cm³/mol. The molecule has 4 atom stereocenters. The van der Waals surface area contributed by atoms with Gasteiger partial charge in [0.25, 0.3) is 0 Å². The molecule has 7 nitrogen and oxygen atoms in total. The van der Waals surface area contributed by atoms with Gasteiger partial charge in [-0.1, -0.05) is 34.1 Å². The number of amides is 2. The molecule has 4 aliphatic heterocycles. The molecule has 6 rings (SSSR count). The highest BCUT2D eigenvalue weighted by Gasteiger charge is 2.64. The number of likely N-dealkylation sites (tertiary alicyclic amines) is 1. The number of nitrogens with zero attached hydrogens (tertiary/aromatic N) is 2. The van der Waals surface area contributed by atoms with Gasteiger partial charge < -0.3 is 9.47 Å². The van der Waals surface area contributed by atoms with Crippen molar-refractivity contribution in [3.63, 3.8) is 0 Å². The van der Waals surface area contributed by atoms with Crippen LogP contribution in [0.15, 0.2) is 46.9 Å². The van der Waals surface area contributed by atoms with E-state index in [0.29, 0.717) is 24.5 Å². The second-order valence-corrected chi connectivity index (χ2v) is 9.40. The summed E-state index contributed by atoms with van der Waals surface area (Å²) >= 11 is 3.45. The number of Topliss-reactive ketones (excluding diaryl/α,β-unsaturated/α-hetero) is 1. The fraction of sp³-hybridized carbons (Fsp3) is 0.348. The van der Waals surface area contributed by atoms with Gasteiger partial charge in [-0.2, -0.15) is 0 Å². The standard InChI is InChI=1S/C23H19BrN2O5/c24-14-4-2-13(3-5-14)21-20-19(16-8-15(27)10-25(16)21)22(28)26(23(20)29)9-12-1-6-17-18(7-12)31-11-30-17/h1-7,16,19-21H,8-11H2/t16-,19-,20-,21-/m1/s1. The van der Waals surface area contributed by atoms with E-state index in [-0.39, 0.29) is 43.0 Å². The van der Waals surface area contributed by atoms with Gasteiger partial charge in [0, 0.05) is 23.0 Å². The van der Waals surface area contributed by atoms with Crippen molar-refractivity contribution in [1.82, 2.24) is 9.80 Å². The van der Waals surface area contributed by atoms with E-state index in [2.05, 4.69) is 20.8 Å². The lowest BCUT2D eigenvalue weighted by Gasteiger charge is -2.28. The molecule has 2 aromatic carbocycles. The highest BCUT2D eigenvalue weighted by molar-refractivity contribution is 9.10. The lowest BCUT2D eigenvalue weighted by molar-refractivity contribution is -0.142. The molecule has 4 aliphatic rings. The summed E-state index contributed by atoms with van der Waals surface area (Å²) in [6, 6.07) is 12.8. The summed E-state index contributed by atoms with van der Waals surface area (Å²) in [6.07, 6.45) is 0.324. The van der Waals surface area contributed by atoms with Crippen LogP contribution in [0, 0.1) is 11.8 Å². The maximum atomic E-state index is 13.5. The number of ketones is 1. The number of hydrogen-bond donors (Lipinski definition) is 0. The topological polar surface area (TPSA) is 76.1 Å². The summed E-state index contributed by atoms with van der Waals surface area (Å²) in [6.45, 7) is 0.654. The van der Waals surface area contributed by atoms with Crippen LogP contribution >= 0.6 is 15.9 Å². The van der Waals surface area contributed by atoms with E-state index in [9.17, 15) is 14.4 Å². The van der Waals surface area contributed by atoms with E-state index in [0.717, 1.165) is 15.6 Å². The maximum absolute atomic E-state index is 13.5. The van der Waals surface area contributed by atoms with E-state index in [1.54, 1.807) is 6.07 Å². The Morgan fingerprint density at radius 1 is 0.935 bits per heavy atom. The van der Waals surface area contributed by atoms with E-state index in [1.807, 2.05) is 36.4 Å². The molecule has 0 aromatic heterocycles. The SMILES string of the molecule is O=C1C[C@@H]2[C@H]3C(=O)N(Cc4ccc5c(c4)OCO5)C(=O)[C@H]3[C@@H](c3ccc(Br)cc3)N2C1. The molecule has 3 fully saturated rings. The van der Waals surface area contributed by atoms with Gasteiger partial charge in [0.1, 0.15) is 5.78 Å². The Kier molecular flexibility index (Phi) is 4.23. The number of rotatable bonds is 3. The number of imide groups is 1. The Balaban J connectivity index is 1.34. The summed E-state index contributed by atoms with van der Waals surface area (Å²) < 4.78 is 11.7. The third-order valence-corrected chi connectivity index (χ3v) is 7.34. The van der Waals surface area contributed by atoms with Crippen molar-refractivity contribution in [2.24, 2.45) is 11.8 Å². The molecule has 0 saturated carbocycles. The quantitative estimate of drug-likeness (QED) is 0.626. The van der Waals surface area contributed by atoms with E-state index >= 15 is 0 Å². The zero-order chi connectivity index (χ0) is 21.3. The van der Waals surface area contributed by atoms with E-state index < -0.39 is 11.8 Å². The third kappa shape index (κ3) is 2.85. The van der Waals surface area contributed by atoms with Crippen LogP contribution in [0.5, 0.6) is 11.5 Å². The number of benzene rings is 2. The van der Waals surface area contributed by atoms with E-state index in [1.165, 1.54) is 4.90 Å². The summed E-state index contributed by atoms with van der Waals surface area (Å²) in [5, 5.41) is 0. The molecule has 31 heavy (non-hydrogen) atoms. The molecule has 3 saturated heterocycles. The summed E-state index contributed by atoms with van der Waals surface area (Å²) in [7, 11) is 0. The normalized spacial score (nSPS) is 29.1. The van der Waals surface area contributed by atoms with Crippen LogP contribution < -0.4 is 9.47 Å². The van der Waals surface area contributed by atoms with Gasteiger partial charge >= 0.3 is 0 Å². The largest absolute Gasteiger partial charge is 0.454 e. The molecule has 0 bridgehead atoms. The van der Waals surface area contributed by atoms with Crippen LogP contribution in [0.25, 0.3) is 0 Å². The molecule has 0 unspecified atom stereocenters. The maximum Gasteiger partial charge on any atom is 0.235 e. The Morgan fingerprint density at radius 3 is 2.48 bits per heavy atom. The number of carbonyl (C=O) groups excluding carboxylic acids is 3. The van der Waals surface area contributed by atoms with Crippen molar-refractivity contribution in [1.29, 1.82) is 0 Å². The molecule has 4 heterocycles. The van der Waals surface area contributed by atoms with Gasteiger partial charge in [0.05, 0.1) is 24.9 Å². The Hall–Kier alpha value is -2.71. The fourth-order valence-corrected chi connectivity index (χ4v) is 5.79. The number of hydrogen-bond acceptors (Lipinski definition) is 6. The molecule has 158 valence electrons. The minimum absolute atomic E-state index is 0.125. The lowest BCUT2D eigenvalue weighted by Crippen LogP contribution is -2.38. The first-order chi connectivity index (χ1) is 15.0. The Bertz CT molecular complexity index is 1120. The number of carbonyl (C=O) groups is 3. The second-order valence-electron chi connectivity index (χ2n) is 8.48. The second kappa shape index (κ2) is 6.90. The van der Waals surface area contributed by atoms with Crippen molar-refractivity contribution in [3.05, 3.63) is 58.1 Å². The molecule has 2 aromatic rings. The van der Waals surface area contributed by atoms with Crippen LogP contribution in [0.3, 0.4) is 0 Å². The number of ether oxygens (including phenoxy) is 2. The first-order valence-corrected chi connectivity index (χ1v) is 11.1. The minimum Gasteiger partial charge on any atom is -0.454 e. The highest BCUT2D eigenvalue weighted by Crippen LogP contribution is 2.52. The first-order valence-electron chi connectivity index (χ1n) is 10.3. The molecule has 8 heteroatoms. The van der Waals surface area contributed by atoms with Gasteiger partial charge in [-0.25, -0.2) is 0 Å². The summed E-state index contributed by atoms with van der Waals surface area (Å²) in [5.74, 6) is 0.106. The molecule has 2 amide bonds. The number of halogens is 1. The van der Waals surface area contributed by atoms with Crippen molar-refractivity contribution < 1.29 is 23.9 Å². The third-order valence-electron chi connectivity index (χ3n) is 6.81. The van der Waals surface area contributed by atoms with Crippen molar-refractivity contribution in [2.75, 3.05) is 13.3 Å². The zero-order valence-corrected chi connectivity index (χ0v) is 18.1. The molecule has 0 spiro atoms. The molecular formula is C23H19BrN2O5. The van der Waals surface area contributed by atoms with Gasteiger partial charge in [0.15, 0.2) is 11.5 Å². The Morgan fingerprint density at radius 2 is 1.68 bits per heavy atom. The summed E-state index contributed by atoms with van der Waals surface area (Å²) in [4.78, 5) is 42.6. The lowest BCUT2D eigenvalue weighted by atomic mass is 9.85. The van der Waals surface area contributed by atoms with Gasteiger partial charge in [-0.15, -0.1) is 0 Å². The smallest absolute Gasteiger partial charge is 0.235 e. The monoisotopic (exact) mass is 482 g/mol.